The van der Waals surface area contributed by atoms with Gasteiger partial charge < -0.3 is 35.7 Å². The monoisotopic (exact) mass is 595 g/mol. The van der Waals surface area contributed by atoms with Crippen molar-refractivity contribution in [2.75, 3.05) is 29.9 Å². The molecule has 2 saturated heterocycles. The SMILES string of the molecule is Cl.Fc1ccc(N2C[C@@H]3C[C@H]2CN3)cc1.O=C1COc2ccc(CNC(=O)c3ncnc4c(C(=O)O)c[nH]c34)cc2N1. The van der Waals surface area contributed by atoms with Gasteiger partial charge in [-0.1, -0.05) is 6.07 Å². The van der Waals surface area contributed by atoms with Gasteiger partial charge >= 0.3 is 5.97 Å². The molecule has 2 aromatic carbocycles. The second-order valence-electron chi connectivity index (χ2n) is 9.93. The number of rotatable bonds is 5. The van der Waals surface area contributed by atoms with Crippen molar-refractivity contribution in [3.63, 3.8) is 0 Å². The average Bonchev–Trinajstić information content (AvgIpc) is 3.72. The number of hydrogen-bond acceptors (Lipinski definition) is 8. The van der Waals surface area contributed by atoms with E-state index in [2.05, 4.69) is 35.8 Å². The first-order valence-electron chi connectivity index (χ1n) is 13.0. The number of H-pyrrole nitrogens is 1. The highest BCUT2D eigenvalue weighted by molar-refractivity contribution is 6.08. The first kappa shape index (κ1) is 28.8. The number of halogens is 2. The number of aromatic amines is 1. The van der Waals surface area contributed by atoms with Crippen LogP contribution >= 0.6 is 12.4 Å². The maximum absolute atomic E-state index is 12.7. The Morgan fingerprint density at radius 1 is 1.17 bits per heavy atom. The molecule has 2 fully saturated rings. The summed E-state index contributed by atoms with van der Waals surface area (Å²) >= 11 is 0. The van der Waals surface area contributed by atoms with Gasteiger partial charge in [0.25, 0.3) is 11.8 Å². The van der Waals surface area contributed by atoms with E-state index >= 15 is 0 Å². The van der Waals surface area contributed by atoms with Crippen LogP contribution in [0, 0.1) is 5.82 Å². The molecule has 2 aromatic heterocycles. The second kappa shape index (κ2) is 12.0. The molecule has 0 radical (unpaired) electrons. The maximum Gasteiger partial charge on any atom is 0.339 e. The predicted octanol–water partition coefficient (Wildman–Crippen LogP) is 2.71. The van der Waals surface area contributed by atoms with Gasteiger partial charge in [0.15, 0.2) is 12.3 Å². The summed E-state index contributed by atoms with van der Waals surface area (Å²) in [6.07, 6.45) is 3.64. The van der Waals surface area contributed by atoms with Gasteiger partial charge in [-0.2, -0.15) is 0 Å². The second-order valence-corrected chi connectivity index (χ2v) is 9.93. The fourth-order valence-electron chi connectivity index (χ4n) is 5.29. The van der Waals surface area contributed by atoms with Crippen molar-refractivity contribution < 1.29 is 28.6 Å². The molecule has 12 nitrogen and oxygen atoms in total. The number of nitrogens with one attached hydrogen (secondary N) is 4. The van der Waals surface area contributed by atoms with Gasteiger partial charge in [0.05, 0.1) is 11.2 Å². The fourth-order valence-corrected chi connectivity index (χ4v) is 5.29. The van der Waals surface area contributed by atoms with Gasteiger partial charge in [-0.05, 0) is 48.4 Å². The fraction of sp³-hybridized carbons (Fsp3) is 0.250. The van der Waals surface area contributed by atoms with E-state index in [9.17, 15) is 18.8 Å². The number of ether oxygens (including phenoxy) is 1. The number of fused-ring (bicyclic) bond motifs is 4. The van der Waals surface area contributed by atoms with Crippen molar-refractivity contribution in [2.24, 2.45) is 0 Å². The van der Waals surface area contributed by atoms with Crippen LogP contribution in [0.2, 0.25) is 0 Å². The zero-order valence-corrected chi connectivity index (χ0v) is 22.9. The number of carboxylic acid groups (broad SMARTS) is 1. The number of aromatic nitrogens is 3. The molecule has 5 N–H and O–H groups in total. The van der Waals surface area contributed by atoms with Crippen LogP contribution in [-0.4, -0.2) is 69.6 Å². The third-order valence-corrected chi connectivity index (χ3v) is 7.25. The molecule has 2 atom stereocenters. The molecule has 2 bridgehead atoms. The maximum atomic E-state index is 12.7. The number of carbonyl (C=O) groups excluding carboxylic acids is 2. The number of hydrogen-bond donors (Lipinski definition) is 5. The smallest absolute Gasteiger partial charge is 0.339 e. The number of carboxylic acids is 1. The van der Waals surface area contributed by atoms with Crippen molar-refractivity contribution in [2.45, 2.75) is 25.0 Å². The van der Waals surface area contributed by atoms with Crippen LogP contribution in [-0.2, 0) is 11.3 Å². The third kappa shape index (κ3) is 5.83. The summed E-state index contributed by atoms with van der Waals surface area (Å²) in [5, 5.41) is 18.0. The van der Waals surface area contributed by atoms with Crippen LogP contribution in [0.3, 0.4) is 0 Å². The highest BCUT2D eigenvalue weighted by Crippen LogP contribution is 2.30. The molecule has 0 unspecified atom stereocenters. The van der Waals surface area contributed by atoms with Crippen LogP contribution in [0.25, 0.3) is 11.0 Å². The first-order chi connectivity index (χ1) is 19.9. The number of anilines is 2. The topological polar surface area (TPSA) is 162 Å². The summed E-state index contributed by atoms with van der Waals surface area (Å²) in [4.78, 5) is 48.1. The molecule has 5 heterocycles. The largest absolute Gasteiger partial charge is 0.482 e. The first-order valence-corrected chi connectivity index (χ1v) is 13.0. The van der Waals surface area contributed by atoms with Crippen LogP contribution in [0.5, 0.6) is 5.75 Å². The van der Waals surface area contributed by atoms with E-state index in [0.29, 0.717) is 23.5 Å². The lowest BCUT2D eigenvalue weighted by Crippen LogP contribution is -2.43. The lowest BCUT2D eigenvalue weighted by Gasteiger charge is -2.29. The molecule has 3 aliphatic rings. The van der Waals surface area contributed by atoms with E-state index < -0.39 is 11.9 Å². The Balaban J connectivity index is 0.000000197. The van der Waals surface area contributed by atoms with Crippen molar-refractivity contribution in [1.82, 2.24) is 25.6 Å². The summed E-state index contributed by atoms with van der Waals surface area (Å²) in [5.74, 6) is -1.47. The summed E-state index contributed by atoms with van der Waals surface area (Å²) in [7, 11) is 0. The lowest BCUT2D eigenvalue weighted by molar-refractivity contribution is -0.118. The van der Waals surface area contributed by atoms with E-state index in [1.807, 2.05) is 12.1 Å². The Morgan fingerprint density at radius 3 is 2.69 bits per heavy atom. The van der Waals surface area contributed by atoms with E-state index in [1.54, 1.807) is 18.2 Å². The van der Waals surface area contributed by atoms with Crippen molar-refractivity contribution in [3.05, 3.63) is 77.6 Å². The number of carbonyl (C=O) groups is 3. The Bertz CT molecular complexity index is 1650. The zero-order valence-electron chi connectivity index (χ0n) is 22.1. The summed E-state index contributed by atoms with van der Waals surface area (Å²) < 4.78 is 18.0. The zero-order chi connectivity index (χ0) is 28.5. The molecule has 0 spiro atoms. The Hall–Kier alpha value is -4.75. The highest BCUT2D eigenvalue weighted by Gasteiger charge is 2.37. The Morgan fingerprint density at radius 2 is 1.98 bits per heavy atom. The normalized spacial score (nSPS) is 18.2. The summed E-state index contributed by atoms with van der Waals surface area (Å²) in [6.45, 7) is 2.29. The van der Waals surface area contributed by atoms with Gasteiger partial charge in [0, 0.05) is 43.6 Å². The van der Waals surface area contributed by atoms with E-state index in [-0.39, 0.29) is 59.6 Å². The number of piperazine rings is 1. The van der Waals surface area contributed by atoms with Crippen molar-refractivity contribution in [3.8, 4) is 5.75 Å². The van der Waals surface area contributed by atoms with Crippen LogP contribution in [0.1, 0.15) is 32.8 Å². The molecule has 14 heteroatoms. The predicted molar refractivity (Wildman–Crippen MR) is 154 cm³/mol. The van der Waals surface area contributed by atoms with Crippen molar-refractivity contribution >= 4 is 52.6 Å². The molecular weight excluding hydrogens is 569 g/mol. The minimum absolute atomic E-state index is 0. The number of aromatic carboxylic acids is 1. The Labute approximate surface area is 245 Å². The molecule has 42 heavy (non-hydrogen) atoms. The van der Waals surface area contributed by atoms with Gasteiger partial charge in [0.1, 0.15) is 29.0 Å². The quantitative estimate of drug-likeness (QED) is 0.233. The van der Waals surface area contributed by atoms with Gasteiger partial charge in [0.2, 0.25) is 0 Å². The number of nitrogens with zero attached hydrogens (tertiary/aromatic N) is 3. The lowest BCUT2D eigenvalue weighted by atomic mass is 10.1. The van der Waals surface area contributed by atoms with E-state index in [0.717, 1.165) is 30.7 Å². The van der Waals surface area contributed by atoms with E-state index in [4.69, 9.17) is 9.84 Å². The summed E-state index contributed by atoms with van der Waals surface area (Å²) in [6, 6.07) is 13.3. The van der Waals surface area contributed by atoms with Crippen molar-refractivity contribution in [1.29, 1.82) is 0 Å². The highest BCUT2D eigenvalue weighted by atomic mass is 35.5. The van der Waals surface area contributed by atoms with Crippen LogP contribution in [0.4, 0.5) is 15.8 Å². The van der Waals surface area contributed by atoms with Crippen LogP contribution < -0.4 is 25.6 Å². The molecular formula is C28H27ClFN7O5. The minimum Gasteiger partial charge on any atom is -0.482 e. The standard InChI is InChI=1S/C17H13N5O5.C11H13FN2.ClH/c23-12-6-27-11-2-1-8(3-10(11)22-12)4-19-16(24)15-14-13(20-7-21-15)9(5-18-14)17(25)26;12-8-1-3-10(4-2-8)14-7-9-5-11(14)6-13-9;/h1-3,5,7,18H,4,6H2,(H,19,24)(H,22,23)(H,25,26);1-4,9,11,13H,5-7H2;1H/t;9-,11-;/m.0./s1. The molecule has 0 saturated carbocycles. The Kier molecular flexibility index (Phi) is 8.22. The number of amides is 2. The molecule has 0 aliphatic carbocycles. The molecule has 4 aromatic rings. The van der Waals surface area contributed by atoms with Gasteiger partial charge in [-0.3, -0.25) is 9.59 Å². The van der Waals surface area contributed by atoms with Crippen LogP contribution in [0.15, 0.2) is 55.0 Å². The number of benzene rings is 2. The minimum atomic E-state index is -1.15. The molecule has 2 amide bonds. The van der Waals surface area contributed by atoms with Gasteiger partial charge in [-0.15, -0.1) is 12.4 Å². The molecule has 3 aliphatic heterocycles. The molecule has 218 valence electrons. The third-order valence-electron chi connectivity index (χ3n) is 7.25. The average molecular weight is 596 g/mol. The molecule has 7 rings (SSSR count). The summed E-state index contributed by atoms with van der Waals surface area (Å²) in [5.41, 5.74) is 2.86. The van der Waals surface area contributed by atoms with Gasteiger partial charge in [-0.25, -0.2) is 19.2 Å². The van der Waals surface area contributed by atoms with E-state index in [1.165, 1.54) is 24.8 Å².